The largest absolute Gasteiger partial charge is 0.373 e. The summed E-state index contributed by atoms with van der Waals surface area (Å²) in [6.07, 6.45) is 2.49. The van der Waals surface area contributed by atoms with Gasteiger partial charge in [0.25, 0.3) is 0 Å². The minimum Gasteiger partial charge on any atom is -0.373 e. The fourth-order valence-electron chi connectivity index (χ4n) is 2.33. The molecular formula is C10H19NO. The van der Waals surface area contributed by atoms with Gasteiger partial charge in [0.15, 0.2) is 0 Å². The summed E-state index contributed by atoms with van der Waals surface area (Å²) in [5.41, 5.74) is 0.231. The summed E-state index contributed by atoms with van der Waals surface area (Å²) in [5.74, 6) is 1.58. The first-order valence-electron chi connectivity index (χ1n) is 5.07. The average Bonchev–Trinajstić information content (AvgIpc) is 2.62. The van der Waals surface area contributed by atoms with Crippen LogP contribution in [0.2, 0.25) is 0 Å². The molecule has 2 unspecified atom stereocenters. The molecule has 0 bridgehead atoms. The summed E-state index contributed by atoms with van der Waals surface area (Å²) in [6, 6.07) is 0. The van der Waals surface area contributed by atoms with Gasteiger partial charge in [-0.3, -0.25) is 0 Å². The van der Waals surface area contributed by atoms with Gasteiger partial charge >= 0.3 is 0 Å². The molecule has 0 aliphatic carbocycles. The van der Waals surface area contributed by atoms with E-state index < -0.39 is 0 Å². The standard InChI is InChI=1S/C10H19NO/c1-8(2)9-5-10(12-6-9)3-4-11-7-10/h8-9,11H,3-7H2,1-2H3. The first kappa shape index (κ1) is 8.52. The zero-order chi connectivity index (χ0) is 8.60. The van der Waals surface area contributed by atoms with Crippen LogP contribution >= 0.6 is 0 Å². The minimum absolute atomic E-state index is 0.231. The summed E-state index contributed by atoms with van der Waals surface area (Å²) >= 11 is 0. The van der Waals surface area contributed by atoms with E-state index in [0.717, 1.165) is 31.5 Å². The second-order valence-electron chi connectivity index (χ2n) is 4.63. The van der Waals surface area contributed by atoms with E-state index in [1.165, 1.54) is 12.8 Å². The summed E-state index contributed by atoms with van der Waals surface area (Å²) in [5, 5.41) is 3.39. The average molecular weight is 169 g/mol. The Hall–Kier alpha value is -0.0800. The molecule has 0 amide bonds. The fourth-order valence-corrected chi connectivity index (χ4v) is 2.33. The van der Waals surface area contributed by atoms with Crippen LogP contribution in [0.5, 0.6) is 0 Å². The molecule has 0 aromatic rings. The van der Waals surface area contributed by atoms with Gasteiger partial charge in [0.2, 0.25) is 0 Å². The van der Waals surface area contributed by atoms with Gasteiger partial charge in [0.05, 0.1) is 12.2 Å². The number of hydrogen-bond acceptors (Lipinski definition) is 2. The molecule has 2 saturated heterocycles. The normalized spacial score (nSPS) is 41.8. The zero-order valence-electron chi connectivity index (χ0n) is 8.10. The third-order valence-corrected chi connectivity index (χ3v) is 3.39. The molecule has 0 radical (unpaired) electrons. The molecule has 0 aromatic carbocycles. The molecular weight excluding hydrogens is 150 g/mol. The van der Waals surface area contributed by atoms with Crippen LogP contribution in [-0.2, 0) is 4.74 Å². The van der Waals surface area contributed by atoms with Crippen LogP contribution in [0.15, 0.2) is 0 Å². The van der Waals surface area contributed by atoms with Crippen LogP contribution in [0.25, 0.3) is 0 Å². The molecule has 2 fully saturated rings. The predicted molar refractivity (Wildman–Crippen MR) is 49.1 cm³/mol. The molecule has 1 N–H and O–H groups in total. The smallest absolute Gasteiger partial charge is 0.0822 e. The Morgan fingerprint density at radius 2 is 2.33 bits per heavy atom. The molecule has 70 valence electrons. The van der Waals surface area contributed by atoms with E-state index in [4.69, 9.17) is 4.74 Å². The second kappa shape index (κ2) is 3.00. The van der Waals surface area contributed by atoms with E-state index >= 15 is 0 Å². The van der Waals surface area contributed by atoms with Gasteiger partial charge < -0.3 is 10.1 Å². The van der Waals surface area contributed by atoms with Crippen LogP contribution in [-0.4, -0.2) is 25.3 Å². The van der Waals surface area contributed by atoms with Gasteiger partial charge in [0, 0.05) is 6.54 Å². The van der Waals surface area contributed by atoms with E-state index in [1.54, 1.807) is 0 Å². The van der Waals surface area contributed by atoms with Crippen molar-refractivity contribution in [2.75, 3.05) is 19.7 Å². The van der Waals surface area contributed by atoms with Crippen molar-refractivity contribution in [3.8, 4) is 0 Å². The maximum absolute atomic E-state index is 5.91. The number of ether oxygens (including phenoxy) is 1. The van der Waals surface area contributed by atoms with Crippen molar-refractivity contribution in [2.24, 2.45) is 11.8 Å². The lowest BCUT2D eigenvalue weighted by molar-refractivity contribution is 0.0198. The summed E-state index contributed by atoms with van der Waals surface area (Å²) < 4.78 is 5.91. The Labute approximate surface area is 74.7 Å². The molecule has 2 aliphatic heterocycles. The molecule has 2 rings (SSSR count). The Balaban J connectivity index is 1.96. The van der Waals surface area contributed by atoms with Crippen LogP contribution in [0.3, 0.4) is 0 Å². The molecule has 2 nitrogen and oxygen atoms in total. The third-order valence-electron chi connectivity index (χ3n) is 3.39. The molecule has 2 heterocycles. The lowest BCUT2D eigenvalue weighted by atomic mass is 9.87. The van der Waals surface area contributed by atoms with Crippen molar-refractivity contribution in [1.82, 2.24) is 5.32 Å². The lowest BCUT2D eigenvalue weighted by Gasteiger charge is -2.21. The number of hydrogen-bond donors (Lipinski definition) is 1. The first-order chi connectivity index (χ1) is 5.72. The molecule has 0 aromatic heterocycles. The fraction of sp³-hybridized carbons (Fsp3) is 1.00. The molecule has 2 atom stereocenters. The van der Waals surface area contributed by atoms with E-state index in [2.05, 4.69) is 19.2 Å². The van der Waals surface area contributed by atoms with Crippen LogP contribution in [0.4, 0.5) is 0 Å². The van der Waals surface area contributed by atoms with Gasteiger partial charge in [-0.2, -0.15) is 0 Å². The molecule has 1 spiro atoms. The summed E-state index contributed by atoms with van der Waals surface area (Å²) in [6.45, 7) is 7.81. The van der Waals surface area contributed by atoms with Gasteiger partial charge in [0.1, 0.15) is 0 Å². The number of rotatable bonds is 1. The molecule has 2 aliphatic rings. The van der Waals surface area contributed by atoms with Gasteiger partial charge in [-0.15, -0.1) is 0 Å². The maximum Gasteiger partial charge on any atom is 0.0822 e. The second-order valence-corrected chi connectivity index (χ2v) is 4.63. The highest BCUT2D eigenvalue weighted by atomic mass is 16.5. The summed E-state index contributed by atoms with van der Waals surface area (Å²) in [4.78, 5) is 0. The Kier molecular flexibility index (Phi) is 2.13. The van der Waals surface area contributed by atoms with Gasteiger partial charge in [-0.25, -0.2) is 0 Å². The minimum atomic E-state index is 0.231. The Morgan fingerprint density at radius 1 is 1.50 bits per heavy atom. The quantitative estimate of drug-likeness (QED) is 0.641. The predicted octanol–water partition coefficient (Wildman–Crippen LogP) is 1.41. The monoisotopic (exact) mass is 169 g/mol. The maximum atomic E-state index is 5.91. The SMILES string of the molecule is CC(C)C1COC2(CCNC2)C1. The van der Waals surface area contributed by atoms with Crippen molar-refractivity contribution in [1.29, 1.82) is 0 Å². The highest BCUT2D eigenvalue weighted by Crippen LogP contribution is 2.37. The van der Waals surface area contributed by atoms with E-state index in [0.29, 0.717) is 0 Å². The van der Waals surface area contributed by atoms with E-state index in [-0.39, 0.29) is 5.60 Å². The van der Waals surface area contributed by atoms with E-state index in [9.17, 15) is 0 Å². The van der Waals surface area contributed by atoms with Crippen molar-refractivity contribution in [3.63, 3.8) is 0 Å². The van der Waals surface area contributed by atoms with Gasteiger partial charge in [-0.1, -0.05) is 13.8 Å². The molecule has 0 saturated carbocycles. The Morgan fingerprint density at radius 3 is 2.83 bits per heavy atom. The zero-order valence-corrected chi connectivity index (χ0v) is 8.10. The summed E-state index contributed by atoms with van der Waals surface area (Å²) in [7, 11) is 0. The highest BCUT2D eigenvalue weighted by Gasteiger charge is 2.43. The van der Waals surface area contributed by atoms with Crippen molar-refractivity contribution < 1.29 is 4.74 Å². The molecule has 2 heteroatoms. The Bertz CT molecular complexity index is 161. The first-order valence-corrected chi connectivity index (χ1v) is 5.07. The lowest BCUT2D eigenvalue weighted by Crippen LogP contribution is -2.30. The van der Waals surface area contributed by atoms with Crippen molar-refractivity contribution in [2.45, 2.75) is 32.3 Å². The van der Waals surface area contributed by atoms with Crippen LogP contribution in [0.1, 0.15) is 26.7 Å². The van der Waals surface area contributed by atoms with Gasteiger partial charge in [-0.05, 0) is 31.2 Å². The van der Waals surface area contributed by atoms with Crippen molar-refractivity contribution >= 4 is 0 Å². The van der Waals surface area contributed by atoms with Crippen LogP contribution in [0, 0.1) is 11.8 Å². The highest BCUT2D eigenvalue weighted by molar-refractivity contribution is 4.96. The topological polar surface area (TPSA) is 21.3 Å². The van der Waals surface area contributed by atoms with Crippen molar-refractivity contribution in [3.05, 3.63) is 0 Å². The number of nitrogens with one attached hydrogen (secondary N) is 1. The van der Waals surface area contributed by atoms with E-state index in [1.807, 2.05) is 0 Å². The van der Waals surface area contributed by atoms with Crippen LogP contribution < -0.4 is 5.32 Å². The third kappa shape index (κ3) is 1.38. The molecule has 12 heavy (non-hydrogen) atoms.